The molecule has 0 bridgehead atoms. The summed E-state index contributed by atoms with van der Waals surface area (Å²) in [5.74, 6) is 0.544. The Bertz CT molecular complexity index is 364. The molecule has 0 aromatic carbocycles. The number of hydrogen-bond acceptors (Lipinski definition) is 3. The maximum absolute atomic E-state index is 12.4. The molecule has 1 saturated carbocycles. The molecule has 1 aliphatic carbocycles. The predicted octanol–water partition coefficient (Wildman–Crippen LogP) is 1.08. The minimum Gasteiger partial charge on any atom is -0.318 e. The largest absolute Gasteiger partial charge is 0.318 e. The van der Waals surface area contributed by atoms with Crippen molar-refractivity contribution in [2.75, 3.05) is 26.7 Å². The van der Waals surface area contributed by atoms with Gasteiger partial charge in [0, 0.05) is 25.7 Å². The summed E-state index contributed by atoms with van der Waals surface area (Å²) in [5.41, 5.74) is 0. The number of likely N-dealkylation sites (N-methyl/N-ethyl adjacent to an activating group) is 1. The van der Waals surface area contributed by atoms with Crippen LogP contribution in [0.25, 0.3) is 0 Å². The minimum absolute atomic E-state index is 0.111. The number of nitrogens with one attached hydrogen (secondary N) is 2. The standard InChI is InChI=1S/C13H27N3O2S/c1-14-11-13-8-4-5-9-16(13)19(17,18)15-10-12-6-2-3-7-12/h12-15H,2-11H2,1H3. The molecule has 2 aliphatic rings. The first-order valence-corrected chi connectivity index (χ1v) is 8.98. The van der Waals surface area contributed by atoms with Crippen molar-refractivity contribution in [1.82, 2.24) is 14.3 Å². The third-order valence-electron chi connectivity index (χ3n) is 4.35. The molecule has 0 spiro atoms. The highest BCUT2D eigenvalue weighted by molar-refractivity contribution is 7.87. The van der Waals surface area contributed by atoms with Crippen LogP contribution < -0.4 is 10.0 Å². The van der Waals surface area contributed by atoms with Gasteiger partial charge in [-0.1, -0.05) is 19.3 Å². The second-order valence-electron chi connectivity index (χ2n) is 5.82. The topological polar surface area (TPSA) is 61.4 Å². The predicted molar refractivity (Wildman–Crippen MR) is 77.2 cm³/mol. The van der Waals surface area contributed by atoms with E-state index in [0.29, 0.717) is 19.0 Å². The molecule has 1 atom stereocenters. The normalized spacial score (nSPS) is 26.9. The summed E-state index contributed by atoms with van der Waals surface area (Å²) in [6.45, 7) is 2.02. The van der Waals surface area contributed by atoms with E-state index in [-0.39, 0.29) is 6.04 Å². The van der Waals surface area contributed by atoms with Gasteiger partial charge in [-0.15, -0.1) is 0 Å². The lowest BCUT2D eigenvalue weighted by molar-refractivity contribution is 0.245. The summed E-state index contributed by atoms with van der Waals surface area (Å²) in [6, 6.07) is 0.111. The molecule has 2 N–H and O–H groups in total. The van der Waals surface area contributed by atoms with Crippen LogP contribution in [0.3, 0.4) is 0 Å². The van der Waals surface area contributed by atoms with Crippen molar-refractivity contribution in [3.05, 3.63) is 0 Å². The van der Waals surface area contributed by atoms with Crippen LogP contribution in [0, 0.1) is 5.92 Å². The van der Waals surface area contributed by atoms with E-state index in [0.717, 1.165) is 25.8 Å². The van der Waals surface area contributed by atoms with E-state index in [1.54, 1.807) is 4.31 Å². The Hall–Kier alpha value is -0.170. The summed E-state index contributed by atoms with van der Waals surface area (Å²) < 4.78 is 29.3. The number of rotatable bonds is 6. The Morgan fingerprint density at radius 1 is 1.05 bits per heavy atom. The van der Waals surface area contributed by atoms with Crippen molar-refractivity contribution in [1.29, 1.82) is 0 Å². The first kappa shape index (κ1) is 15.2. The zero-order chi connectivity index (χ0) is 13.7. The lowest BCUT2D eigenvalue weighted by Crippen LogP contribution is -2.52. The molecule has 0 aromatic rings. The molecule has 112 valence electrons. The average molecular weight is 289 g/mol. The van der Waals surface area contributed by atoms with Crippen LogP contribution in [0.1, 0.15) is 44.9 Å². The lowest BCUT2D eigenvalue weighted by atomic mass is 10.1. The highest BCUT2D eigenvalue weighted by Gasteiger charge is 2.32. The van der Waals surface area contributed by atoms with E-state index in [1.165, 1.54) is 25.7 Å². The molecule has 2 fully saturated rings. The van der Waals surface area contributed by atoms with E-state index in [1.807, 2.05) is 7.05 Å². The molecule has 1 unspecified atom stereocenters. The van der Waals surface area contributed by atoms with E-state index in [2.05, 4.69) is 10.0 Å². The van der Waals surface area contributed by atoms with Gasteiger partial charge in [-0.2, -0.15) is 12.7 Å². The Morgan fingerprint density at radius 2 is 1.74 bits per heavy atom. The van der Waals surface area contributed by atoms with Crippen LogP contribution in [0.4, 0.5) is 0 Å². The molecule has 0 radical (unpaired) electrons. The molecule has 1 saturated heterocycles. The quantitative estimate of drug-likeness (QED) is 0.769. The van der Waals surface area contributed by atoms with E-state index in [4.69, 9.17) is 0 Å². The van der Waals surface area contributed by atoms with Crippen LogP contribution in [0.5, 0.6) is 0 Å². The Balaban J connectivity index is 1.91. The SMILES string of the molecule is CNCC1CCCCN1S(=O)(=O)NCC1CCCC1. The molecule has 2 rings (SSSR count). The van der Waals surface area contributed by atoms with E-state index < -0.39 is 10.2 Å². The van der Waals surface area contributed by atoms with Gasteiger partial charge >= 0.3 is 0 Å². The highest BCUT2D eigenvalue weighted by atomic mass is 32.2. The number of piperidine rings is 1. The van der Waals surface area contributed by atoms with Gasteiger partial charge in [-0.25, -0.2) is 4.72 Å². The average Bonchev–Trinajstić information content (AvgIpc) is 2.91. The van der Waals surface area contributed by atoms with Gasteiger partial charge in [0.15, 0.2) is 0 Å². The molecule has 1 aliphatic heterocycles. The van der Waals surface area contributed by atoms with E-state index in [9.17, 15) is 8.42 Å². The molecule has 6 heteroatoms. The van der Waals surface area contributed by atoms with Crippen molar-refractivity contribution >= 4 is 10.2 Å². The van der Waals surface area contributed by atoms with Gasteiger partial charge in [0.05, 0.1) is 0 Å². The summed E-state index contributed by atoms with van der Waals surface area (Å²) in [7, 11) is -1.42. The first-order valence-electron chi connectivity index (χ1n) is 7.54. The fourth-order valence-electron chi connectivity index (χ4n) is 3.25. The summed E-state index contributed by atoms with van der Waals surface area (Å²) in [5, 5.41) is 3.10. The van der Waals surface area contributed by atoms with Crippen LogP contribution in [0.15, 0.2) is 0 Å². The van der Waals surface area contributed by atoms with Crippen molar-refractivity contribution in [2.45, 2.75) is 51.0 Å². The number of nitrogens with zero attached hydrogens (tertiary/aromatic N) is 1. The number of hydrogen-bond donors (Lipinski definition) is 2. The monoisotopic (exact) mass is 289 g/mol. The first-order chi connectivity index (χ1) is 9.13. The molecule has 1 heterocycles. The van der Waals surface area contributed by atoms with E-state index >= 15 is 0 Å². The zero-order valence-electron chi connectivity index (χ0n) is 11.9. The summed E-state index contributed by atoms with van der Waals surface area (Å²) >= 11 is 0. The fourth-order valence-corrected chi connectivity index (χ4v) is 4.80. The van der Waals surface area contributed by atoms with Gasteiger partial charge in [-0.05, 0) is 38.6 Å². The van der Waals surface area contributed by atoms with Gasteiger partial charge in [-0.3, -0.25) is 0 Å². The third-order valence-corrected chi connectivity index (χ3v) is 5.98. The minimum atomic E-state index is -3.30. The third kappa shape index (κ3) is 4.15. The Kier molecular flexibility index (Phi) is 5.62. The fraction of sp³-hybridized carbons (Fsp3) is 1.00. The Morgan fingerprint density at radius 3 is 2.42 bits per heavy atom. The molecule has 19 heavy (non-hydrogen) atoms. The van der Waals surface area contributed by atoms with Crippen LogP contribution >= 0.6 is 0 Å². The summed E-state index contributed by atoms with van der Waals surface area (Å²) in [4.78, 5) is 0. The van der Waals surface area contributed by atoms with Gasteiger partial charge in [0.1, 0.15) is 0 Å². The molecular weight excluding hydrogens is 262 g/mol. The van der Waals surface area contributed by atoms with Gasteiger partial charge in [0.2, 0.25) is 0 Å². The maximum atomic E-state index is 12.4. The zero-order valence-corrected chi connectivity index (χ0v) is 12.7. The van der Waals surface area contributed by atoms with Gasteiger partial charge in [0.25, 0.3) is 10.2 Å². The molecule has 0 aromatic heterocycles. The van der Waals surface area contributed by atoms with Crippen LogP contribution in [0.2, 0.25) is 0 Å². The molecular formula is C13H27N3O2S. The maximum Gasteiger partial charge on any atom is 0.279 e. The lowest BCUT2D eigenvalue weighted by Gasteiger charge is -2.34. The van der Waals surface area contributed by atoms with Crippen LogP contribution in [-0.4, -0.2) is 45.4 Å². The van der Waals surface area contributed by atoms with Crippen molar-refractivity contribution < 1.29 is 8.42 Å². The summed E-state index contributed by atoms with van der Waals surface area (Å²) in [6.07, 6.45) is 7.90. The molecule has 0 amide bonds. The second-order valence-corrected chi connectivity index (χ2v) is 7.53. The second kappa shape index (κ2) is 7.02. The Labute approximate surface area is 117 Å². The van der Waals surface area contributed by atoms with Crippen molar-refractivity contribution in [3.63, 3.8) is 0 Å². The van der Waals surface area contributed by atoms with Gasteiger partial charge < -0.3 is 5.32 Å². The smallest absolute Gasteiger partial charge is 0.279 e. The highest BCUT2D eigenvalue weighted by Crippen LogP contribution is 2.25. The molecule has 5 nitrogen and oxygen atoms in total. The van der Waals surface area contributed by atoms with Crippen molar-refractivity contribution in [3.8, 4) is 0 Å². The van der Waals surface area contributed by atoms with Crippen LogP contribution in [-0.2, 0) is 10.2 Å². The van der Waals surface area contributed by atoms with Crippen molar-refractivity contribution in [2.24, 2.45) is 5.92 Å².